The molecule has 0 radical (unpaired) electrons. The number of rotatable bonds is 4. The summed E-state index contributed by atoms with van der Waals surface area (Å²) in [5.74, 6) is -0.354. The minimum atomic E-state index is -0.207. The quantitative estimate of drug-likeness (QED) is 0.888. The van der Waals surface area contributed by atoms with E-state index in [0.717, 1.165) is 19.3 Å². The first-order valence-electron chi connectivity index (χ1n) is 7.48. The van der Waals surface area contributed by atoms with Crippen LogP contribution in [0.15, 0.2) is 24.3 Å². The number of nitrogens with zero attached hydrogens (tertiary/aromatic N) is 1. The Labute approximate surface area is 125 Å². The van der Waals surface area contributed by atoms with Crippen LogP contribution in [0.4, 0.5) is 0 Å². The van der Waals surface area contributed by atoms with Gasteiger partial charge in [0.1, 0.15) is 5.75 Å². The van der Waals surface area contributed by atoms with Gasteiger partial charge in [0.05, 0.1) is 11.5 Å². The van der Waals surface area contributed by atoms with Crippen molar-refractivity contribution in [3.63, 3.8) is 0 Å². The van der Waals surface area contributed by atoms with Crippen LogP contribution in [-0.4, -0.2) is 41.5 Å². The molecule has 1 heterocycles. The van der Waals surface area contributed by atoms with E-state index in [1.807, 2.05) is 6.92 Å². The Morgan fingerprint density at radius 1 is 1.38 bits per heavy atom. The SMILES string of the molecule is CCCNC(=O)C1CCCN(C(=O)c2ccccc2O)C1. The van der Waals surface area contributed by atoms with Gasteiger partial charge in [0.25, 0.3) is 5.91 Å². The van der Waals surface area contributed by atoms with Crippen LogP contribution in [0.5, 0.6) is 5.75 Å². The number of carbonyl (C=O) groups is 2. The summed E-state index contributed by atoms with van der Waals surface area (Å²) < 4.78 is 0. The molecular formula is C16H22N2O3. The van der Waals surface area contributed by atoms with Crippen LogP contribution < -0.4 is 5.32 Å². The Kier molecular flexibility index (Phi) is 5.20. The molecule has 1 unspecified atom stereocenters. The number of para-hydroxylation sites is 1. The molecule has 114 valence electrons. The number of likely N-dealkylation sites (tertiary alicyclic amines) is 1. The molecule has 21 heavy (non-hydrogen) atoms. The summed E-state index contributed by atoms with van der Waals surface area (Å²) in [7, 11) is 0. The maximum Gasteiger partial charge on any atom is 0.257 e. The Morgan fingerprint density at radius 2 is 2.14 bits per heavy atom. The van der Waals surface area contributed by atoms with Crippen molar-refractivity contribution in [1.82, 2.24) is 10.2 Å². The number of nitrogens with one attached hydrogen (secondary N) is 1. The van der Waals surface area contributed by atoms with E-state index in [4.69, 9.17) is 0 Å². The molecule has 2 N–H and O–H groups in total. The van der Waals surface area contributed by atoms with Gasteiger partial charge in [0, 0.05) is 19.6 Å². The van der Waals surface area contributed by atoms with E-state index in [0.29, 0.717) is 25.2 Å². The van der Waals surface area contributed by atoms with E-state index >= 15 is 0 Å². The molecule has 0 aliphatic carbocycles. The minimum absolute atomic E-state index is 0.0138. The lowest BCUT2D eigenvalue weighted by Crippen LogP contribution is -2.45. The molecule has 0 saturated carbocycles. The number of phenols is 1. The molecule has 1 atom stereocenters. The predicted molar refractivity (Wildman–Crippen MR) is 80.0 cm³/mol. The van der Waals surface area contributed by atoms with Crippen LogP contribution in [0.1, 0.15) is 36.5 Å². The minimum Gasteiger partial charge on any atom is -0.507 e. The van der Waals surface area contributed by atoms with Gasteiger partial charge in [0.15, 0.2) is 0 Å². The lowest BCUT2D eigenvalue weighted by Gasteiger charge is -2.32. The third-order valence-electron chi connectivity index (χ3n) is 3.76. The summed E-state index contributed by atoms with van der Waals surface area (Å²) >= 11 is 0. The highest BCUT2D eigenvalue weighted by molar-refractivity contribution is 5.97. The van der Waals surface area contributed by atoms with Crippen molar-refractivity contribution < 1.29 is 14.7 Å². The number of carbonyl (C=O) groups excluding carboxylic acids is 2. The number of benzene rings is 1. The molecule has 5 nitrogen and oxygen atoms in total. The Balaban J connectivity index is 2.02. The van der Waals surface area contributed by atoms with Crippen molar-refractivity contribution in [1.29, 1.82) is 0 Å². The molecule has 0 aromatic heterocycles. The summed E-state index contributed by atoms with van der Waals surface area (Å²) in [5.41, 5.74) is 0.298. The molecule has 1 saturated heterocycles. The summed E-state index contributed by atoms with van der Waals surface area (Å²) in [6.45, 7) is 3.73. The van der Waals surface area contributed by atoms with Crippen molar-refractivity contribution in [3.05, 3.63) is 29.8 Å². The van der Waals surface area contributed by atoms with Gasteiger partial charge in [-0.15, -0.1) is 0 Å². The van der Waals surface area contributed by atoms with Gasteiger partial charge >= 0.3 is 0 Å². The van der Waals surface area contributed by atoms with E-state index in [2.05, 4.69) is 5.32 Å². The fraction of sp³-hybridized carbons (Fsp3) is 0.500. The summed E-state index contributed by atoms with van der Waals surface area (Å²) in [6, 6.07) is 6.52. The molecule has 2 rings (SSSR count). The van der Waals surface area contributed by atoms with Crippen LogP contribution in [0.2, 0.25) is 0 Å². The van der Waals surface area contributed by atoms with E-state index in [9.17, 15) is 14.7 Å². The van der Waals surface area contributed by atoms with E-state index in [1.54, 1.807) is 23.1 Å². The summed E-state index contributed by atoms with van der Waals surface area (Å²) in [4.78, 5) is 26.1. The van der Waals surface area contributed by atoms with Gasteiger partial charge in [-0.3, -0.25) is 9.59 Å². The first-order chi connectivity index (χ1) is 10.1. The topological polar surface area (TPSA) is 69.6 Å². The molecule has 1 aliphatic rings. The highest BCUT2D eigenvalue weighted by atomic mass is 16.3. The van der Waals surface area contributed by atoms with Crippen molar-refractivity contribution in [2.24, 2.45) is 5.92 Å². The maximum atomic E-state index is 12.4. The molecule has 5 heteroatoms. The predicted octanol–water partition coefficient (Wildman–Crippen LogP) is 1.77. The second kappa shape index (κ2) is 7.11. The van der Waals surface area contributed by atoms with E-state index < -0.39 is 0 Å². The fourth-order valence-electron chi connectivity index (χ4n) is 2.59. The molecule has 1 aliphatic heterocycles. The van der Waals surface area contributed by atoms with Gasteiger partial charge < -0.3 is 15.3 Å². The maximum absolute atomic E-state index is 12.4. The van der Waals surface area contributed by atoms with Crippen molar-refractivity contribution in [2.45, 2.75) is 26.2 Å². The second-order valence-electron chi connectivity index (χ2n) is 5.40. The monoisotopic (exact) mass is 290 g/mol. The third kappa shape index (κ3) is 3.74. The first-order valence-corrected chi connectivity index (χ1v) is 7.48. The number of piperidine rings is 1. The van der Waals surface area contributed by atoms with Crippen LogP contribution in [0.25, 0.3) is 0 Å². The van der Waals surface area contributed by atoms with Crippen LogP contribution in [0.3, 0.4) is 0 Å². The second-order valence-corrected chi connectivity index (χ2v) is 5.40. The zero-order valence-corrected chi connectivity index (χ0v) is 12.3. The summed E-state index contributed by atoms with van der Waals surface area (Å²) in [5, 5.41) is 12.7. The Hall–Kier alpha value is -2.04. The Bertz CT molecular complexity index is 516. The Morgan fingerprint density at radius 3 is 2.86 bits per heavy atom. The lowest BCUT2D eigenvalue weighted by atomic mass is 9.96. The average Bonchev–Trinajstić information content (AvgIpc) is 2.52. The highest BCUT2D eigenvalue weighted by Crippen LogP contribution is 2.22. The molecular weight excluding hydrogens is 268 g/mol. The fourth-order valence-corrected chi connectivity index (χ4v) is 2.59. The zero-order chi connectivity index (χ0) is 15.2. The lowest BCUT2D eigenvalue weighted by molar-refractivity contribution is -0.126. The molecule has 2 amide bonds. The molecule has 1 aromatic carbocycles. The number of hydrogen-bond donors (Lipinski definition) is 2. The third-order valence-corrected chi connectivity index (χ3v) is 3.76. The smallest absolute Gasteiger partial charge is 0.257 e. The van der Waals surface area contributed by atoms with Crippen LogP contribution in [0, 0.1) is 5.92 Å². The van der Waals surface area contributed by atoms with E-state index in [1.165, 1.54) is 6.07 Å². The van der Waals surface area contributed by atoms with Crippen LogP contribution >= 0.6 is 0 Å². The molecule has 1 fully saturated rings. The number of amides is 2. The van der Waals surface area contributed by atoms with Crippen molar-refractivity contribution in [2.75, 3.05) is 19.6 Å². The molecule has 0 bridgehead atoms. The number of phenolic OH excluding ortho intramolecular Hbond substituents is 1. The standard InChI is InChI=1S/C16H22N2O3/c1-2-9-17-15(20)12-6-5-10-18(11-12)16(21)13-7-3-4-8-14(13)19/h3-4,7-8,12,19H,2,5-6,9-11H2,1H3,(H,17,20). The highest BCUT2D eigenvalue weighted by Gasteiger charge is 2.29. The van der Waals surface area contributed by atoms with Gasteiger partial charge in [-0.05, 0) is 31.4 Å². The number of aromatic hydroxyl groups is 1. The number of hydrogen-bond acceptors (Lipinski definition) is 3. The van der Waals surface area contributed by atoms with Crippen LogP contribution in [-0.2, 0) is 4.79 Å². The van der Waals surface area contributed by atoms with Gasteiger partial charge in [-0.2, -0.15) is 0 Å². The molecule has 1 aromatic rings. The van der Waals surface area contributed by atoms with Crippen molar-refractivity contribution >= 4 is 11.8 Å². The van der Waals surface area contributed by atoms with E-state index in [-0.39, 0.29) is 23.5 Å². The average molecular weight is 290 g/mol. The molecule has 0 spiro atoms. The van der Waals surface area contributed by atoms with Gasteiger partial charge in [0.2, 0.25) is 5.91 Å². The van der Waals surface area contributed by atoms with Crippen molar-refractivity contribution in [3.8, 4) is 5.75 Å². The van der Waals surface area contributed by atoms with Gasteiger partial charge in [-0.1, -0.05) is 19.1 Å². The first kappa shape index (κ1) is 15.4. The largest absolute Gasteiger partial charge is 0.507 e. The zero-order valence-electron chi connectivity index (χ0n) is 12.3. The summed E-state index contributed by atoms with van der Waals surface area (Å²) in [6.07, 6.45) is 2.52. The normalized spacial score (nSPS) is 18.3. The van der Waals surface area contributed by atoms with Gasteiger partial charge in [-0.25, -0.2) is 0 Å².